The predicted molar refractivity (Wildman–Crippen MR) is 93.0 cm³/mol. The molecule has 0 N–H and O–H groups in total. The number of carbonyl (C=O) groups is 1. The lowest BCUT2D eigenvalue weighted by molar-refractivity contribution is 0.0740. The Bertz CT molecular complexity index is 718. The van der Waals surface area contributed by atoms with Crippen molar-refractivity contribution in [1.82, 2.24) is 9.88 Å². The van der Waals surface area contributed by atoms with Crippen LogP contribution in [0.15, 0.2) is 36.4 Å². The van der Waals surface area contributed by atoms with E-state index in [2.05, 4.69) is 41.9 Å². The Hall–Kier alpha value is -2.36. The fourth-order valence-electron chi connectivity index (χ4n) is 3.05. The molecular weight excluding hydrogens is 286 g/mol. The van der Waals surface area contributed by atoms with E-state index in [9.17, 15) is 4.79 Å². The first kappa shape index (κ1) is 15.5. The third-order valence-corrected chi connectivity index (χ3v) is 4.59. The molecule has 0 bridgehead atoms. The lowest BCUT2D eigenvalue weighted by Crippen LogP contribution is -2.49. The molecule has 0 unspecified atom stereocenters. The van der Waals surface area contributed by atoms with Gasteiger partial charge in [-0.3, -0.25) is 4.79 Å². The summed E-state index contributed by atoms with van der Waals surface area (Å²) in [7, 11) is 0. The van der Waals surface area contributed by atoms with Crippen LogP contribution in [0.3, 0.4) is 0 Å². The highest BCUT2D eigenvalue weighted by atomic mass is 16.2. The number of aromatic nitrogens is 1. The van der Waals surface area contributed by atoms with E-state index < -0.39 is 0 Å². The van der Waals surface area contributed by atoms with Crippen LogP contribution in [0.2, 0.25) is 0 Å². The molecule has 0 aliphatic carbocycles. The van der Waals surface area contributed by atoms with Gasteiger partial charge in [0.25, 0.3) is 5.91 Å². The van der Waals surface area contributed by atoms with Crippen LogP contribution in [0.4, 0.5) is 5.69 Å². The molecule has 3 rings (SSSR count). The smallest absolute Gasteiger partial charge is 0.272 e. The number of aryl methyl sites for hydroxylation is 2. The molecule has 1 fully saturated rings. The second kappa shape index (κ2) is 6.41. The van der Waals surface area contributed by atoms with Gasteiger partial charge < -0.3 is 9.80 Å². The fourth-order valence-corrected chi connectivity index (χ4v) is 3.05. The molecule has 0 saturated carbocycles. The third kappa shape index (κ3) is 3.21. The fraction of sp³-hybridized carbons (Fsp3) is 0.368. The summed E-state index contributed by atoms with van der Waals surface area (Å²) in [5.74, 6) is 0.0364. The van der Waals surface area contributed by atoms with Gasteiger partial charge in [0.1, 0.15) is 5.69 Å². The highest BCUT2D eigenvalue weighted by Crippen LogP contribution is 2.24. The van der Waals surface area contributed by atoms with Crippen LogP contribution >= 0.6 is 0 Å². The monoisotopic (exact) mass is 309 g/mol. The van der Waals surface area contributed by atoms with E-state index in [1.54, 1.807) is 6.07 Å². The van der Waals surface area contributed by atoms with E-state index in [1.165, 1.54) is 16.8 Å². The Labute approximate surface area is 137 Å². The van der Waals surface area contributed by atoms with Gasteiger partial charge >= 0.3 is 0 Å². The quantitative estimate of drug-likeness (QED) is 0.856. The number of amides is 1. The van der Waals surface area contributed by atoms with Gasteiger partial charge in [0.15, 0.2) is 0 Å². The lowest BCUT2D eigenvalue weighted by Gasteiger charge is -2.37. The van der Waals surface area contributed by atoms with Gasteiger partial charge in [-0.05, 0) is 50.1 Å². The molecule has 1 aromatic heterocycles. The van der Waals surface area contributed by atoms with Gasteiger partial charge in [-0.15, -0.1) is 0 Å². The van der Waals surface area contributed by atoms with Crippen molar-refractivity contribution < 1.29 is 4.79 Å². The Balaban J connectivity index is 1.69. The zero-order chi connectivity index (χ0) is 16.4. The number of piperazine rings is 1. The maximum atomic E-state index is 12.6. The Morgan fingerprint density at radius 3 is 2.35 bits per heavy atom. The summed E-state index contributed by atoms with van der Waals surface area (Å²) in [6, 6.07) is 12.0. The molecule has 4 heteroatoms. The first-order valence-corrected chi connectivity index (χ1v) is 8.10. The van der Waals surface area contributed by atoms with Gasteiger partial charge in [0, 0.05) is 37.6 Å². The number of carbonyl (C=O) groups excluding carboxylic acids is 1. The van der Waals surface area contributed by atoms with Gasteiger partial charge in [0.2, 0.25) is 0 Å². The zero-order valence-electron chi connectivity index (χ0n) is 14.0. The van der Waals surface area contributed by atoms with Gasteiger partial charge in [-0.25, -0.2) is 4.98 Å². The van der Waals surface area contributed by atoms with Crippen molar-refractivity contribution in [1.29, 1.82) is 0 Å². The minimum atomic E-state index is 0.0364. The molecule has 23 heavy (non-hydrogen) atoms. The second-order valence-corrected chi connectivity index (χ2v) is 6.16. The van der Waals surface area contributed by atoms with Crippen molar-refractivity contribution in [2.24, 2.45) is 0 Å². The normalized spacial score (nSPS) is 14.9. The molecule has 2 aromatic rings. The number of anilines is 1. The van der Waals surface area contributed by atoms with Gasteiger partial charge in [-0.1, -0.05) is 18.2 Å². The Morgan fingerprint density at radius 1 is 0.957 bits per heavy atom. The van der Waals surface area contributed by atoms with E-state index in [4.69, 9.17) is 0 Å². The zero-order valence-corrected chi connectivity index (χ0v) is 14.0. The average molecular weight is 309 g/mol. The molecule has 1 amide bonds. The van der Waals surface area contributed by atoms with Crippen LogP contribution in [0, 0.1) is 20.8 Å². The summed E-state index contributed by atoms with van der Waals surface area (Å²) in [4.78, 5) is 21.2. The summed E-state index contributed by atoms with van der Waals surface area (Å²) >= 11 is 0. The summed E-state index contributed by atoms with van der Waals surface area (Å²) in [6.07, 6.45) is 0. The van der Waals surface area contributed by atoms with Crippen LogP contribution in [0.1, 0.15) is 27.3 Å². The Kier molecular flexibility index (Phi) is 4.33. The van der Waals surface area contributed by atoms with E-state index in [-0.39, 0.29) is 5.91 Å². The molecule has 120 valence electrons. The number of hydrogen-bond acceptors (Lipinski definition) is 3. The number of pyridine rings is 1. The Morgan fingerprint density at radius 2 is 1.65 bits per heavy atom. The number of hydrogen-bond donors (Lipinski definition) is 0. The van der Waals surface area contributed by atoms with Crippen molar-refractivity contribution in [3.8, 4) is 0 Å². The summed E-state index contributed by atoms with van der Waals surface area (Å²) in [5, 5.41) is 0. The minimum absolute atomic E-state index is 0.0364. The van der Waals surface area contributed by atoms with E-state index in [0.717, 1.165) is 31.9 Å². The molecule has 1 aliphatic heterocycles. The predicted octanol–water partition coefficient (Wildman–Crippen LogP) is 2.97. The first-order valence-electron chi connectivity index (χ1n) is 8.10. The van der Waals surface area contributed by atoms with Crippen LogP contribution in [-0.4, -0.2) is 42.0 Å². The van der Waals surface area contributed by atoms with Gasteiger partial charge in [0.05, 0.1) is 0 Å². The van der Waals surface area contributed by atoms with Crippen LogP contribution < -0.4 is 4.90 Å². The molecule has 1 saturated heterocycles. The van der Waals surface area contributed by atoms with E-state index in [0.29, 0.717) is 5.69 Å². The molecular formula is C19H23N3O. The summed E-state index contributed by atoms with van der Waals surface area (Å²) < 4.78 is 0. The largest absolute Gasteiger partial charge is 0.368 e. The number of benzene rings is 1. The van der Waals surface area contributed by atoms with Crippen LogP contribution in [0.5, 0.6) is 0 Å². The second-order valence-electron chi connectivity index (χ2n) is 6.16. The van der Waals surface area contributed by atoms with Crippen molar-refractivity contribution >= 4 is 11.6 Å². The topological polar surface area (TPSA) is 36.4 Å². The maximum absolute atomic E-state index is 12.6. The van der Waals surface area contributed by atoms with Gasteiger partial charge in [-0.2, -0.15) is 0 Å². The third-order valence-electron chi connectivity index (χ3n) is 4.59. The molecule has 2 heterocycles. The molecule has 1 aliphatic rings. The standard InChI is InChI=1S/C19H23N3O/c1-14-6-4-9-18(16(14)3)21-10-12-22(13-11-21)19(23)17-8-5-7-15(2)20-17/h4-9H,10-13H2,1-3H3. The van der Waals surface area contributed by atoms with Crippen molar-refractivity contribution in [3.63, 3.8) is 0 Å². The number of rotatable bonds is 2. The first-order chi connectivity index (χ1) is 11.1. The minimum Gasteiger partial charge on any atom is -0.368 e. The molecule has 1 aromatic carbocycles. The molecule has 0 spiro atoms. The van der Waals surface area contributed by atoms with Crippen molar-refractivity contribution in [2.75, 3.05) is 31.1 Å². The highest BCUT2D eigenvalue weighted by molar-refractivity contribution is 5.92. The highest BCUT2D eigenvalue weighted by Gasteiger charge is 2.23. The molecule has 4 nitrogen and oxygen atoms in total. The molecule has 0 atom stereocenters. The summed E-state index contributed by atoms with van der Waals surface area (Å²) in [6.45, 7) is 9.42. The van der Waals surface area contributed by atoms with Crippen LogP contribution in [-0.2, 0) is 0 Å². The van der Waals surface area contributed by atoms with Crippen molar-refractivity contribution in [3.05, 3.63) is 58.9 Å². The van der Waals surface area contributed by atoms with Crippen LogP contribution in [0.25, 0.3) is 0 Å². The summed E-state index contributed by atoms with van der Waals surface area (Å²) in [5.41, 5.74) is 5.35. The van der Waals surface area contributed by atoms with E-state index >= 15 is 0 Å². The lowest BCUT2D eigenvalue weighted by atomic mass is 10.1. The van der Waals surface area contributed by atoms with Crippen molar-refractivity contribution in [2.45, 2.75) is 20.8 Å². The number of nitrogens with zero attached hydrogens (tertiary/aromatic N) is 3. The maximum Gasteiger partial charge on any atom is 0.272 e. The average Bonchev–Trinajstić information content (AvgIpc) is 2.57. The SMILES string of the molecule is Cc1cccc(C(=O)N2CCN(c3cccc(C)c3C)CC2)n1. The molecule has 0 radical (unpaired) electrons. The van der Waals surface area contributed by atoms with E-state index in [1.807, 2.05) is 24.0 Å².